The normalized spacial score (nSPS) is 34.1. The van der Waals surface area contributed by atoms with E-state index < -0.39 is 0 Å². The maximum absolute atomic E-state index is 5.94. The number of hydrogen-bond acceptors (Lipinski definition) is 2. The van der Waals surface area contributed by atoms with E-state index in [9.17, 15) is 0 Å². The van der Waals surface area contributed by atoms with Crippen molar-refractivity contribution in [1.29, 1.82) is 0 Å². The SMILES string of the molecule is CC1(CNCC2CCC(N)C2)CCCCC1. The van der Waals surface area contributed by atoms with Crippen molar-refractivity contribution in [3.8, 4) is 0 Å². The molecule has 2 unspecified atom stereocenters. The van der Waals surface area contributed by atoms with E-state index >= 15 is 0 Å². The molecule has 2 saturated carbocycles. The Bertz CT molecular complexity index is 209. The molecule has 94 valence electrons. The summed E-state index contributed by atoms with van der Waals surface area (Å²) in [6, 6.07) is 0.483. The van der Waals surface area contributed by atoms with E-state index in [4.69, 9.17) is 5.73 Å². The van der Waals surface area contributed by atoms with Crippen LogP contribution in [0.1, 0.15) is 58.3 Å². The van der Waals surface area contributed by atoms with E-state index in [1.54, 1.807) is 0 Å². The van der Waals surface area contributed by atoms with E-state index in [1.165, 1.54) is 64.5 Å². The molecule has 2 nitrogen and oxygen atoms in total. The van der Waals surface area contributed by atoms with Gasteiger partial charge in [0.2, 0.25) is 0 Å². The second-order valence-corrected chi connectivity index (χ2v) is 6.44. The highest BCUT2D eigenvalue weighted by atomic mass is 14.9. The Morgan fingerprint density at radius 2 is 1.94 bits per heavy atom. The lowest BCUT2D eigenvalue weighted by Gasteiger charge is -2.34. The van der Waals surface area contributed by atoms with Crippen molar-refractivity contribution in [2.75, 3.05) is 13.1 Å². The largest absolute Gasteiger partial charge is 0.328 e. The molecule has 3 N–H and O–H groups in total. The molecule has 2 aliphatic carbocycles. The van der Waals surface area contributed by atoms with Crippen molar-refractivity contribution >= 4 is 0 Å². The molecule has 0 aromatic rings. The molecule has 0 amide bonds. The fourth-order valence-electron chi connectivity index (χ4n) is 3.46. The van der Waals surface area contributed by atoms with Crippen molar-refractivity contribution in [2.45, 2.75) is 64.3 Å². The zero-order valence-corrected chi connectivity index (χ0v) is 10.8. The molecule has 0 saturated heterocycles. The fourth-order valence-corrected chi connectivity index (χ4v) is 3.46. The highest BCUT2D eigenvalue weighted by Crippen LogP contribution is 2.35. The lowest BCUT2D eigenvalue weighted by molar-refractivity contribution is 0.204. The number of nitrogens with one attached hydrogen (secondary N) is 1. The van der Waals surface area contributed by atoms with Crippen LogP contribution in [0.2, 0.25) is 0 Å². The van der Waals surface area contributed by atoms with E-state index in [0.29, 0.717) is 11.5 Å². The van der Waals surface area contributed by atoms with Gasteiger partial charge in [0.1, 0.15) is 0 Å². The third kappa shape index (κ3) is 3.46. The van der Waals surface area contributed by atoms with Gasteiger partial charge in [0.25, 0.3) is 0 Å². The summed E-state index contributed by atoms with van der Waals surface area (Å²) >= 11 is 0. The maximum Gasteiger partial charge on any atom is 0.00420 e. The molecular weight excluding hydrogens is 196 g/mol. The summed E-state index contributed by atoms with van der Waals surface area (Å²) in [6.07, 6.45) is 11.0. The van der Waals surface area contributed by atoms with Crippen LogP contribution >= 0.6 is 0 Å². The molecule has 0 heterocycles. The van der Waals surface area contributed by atoms with E-state index in [-0.39, 0.29) is 0 Å². The molecule has 0 radical (unpaired) electrons. The third-order valence-electron chi connectivity index (χ3n) is 4.63. The summed E-state index contributed by atoms with van der Waals surface area (Å²) in [5, 5.41) is 3.70. The molecule has 0 aliphatic heterocycles. The number of rotatable bonds is 4. The zero-order chi connectivity index (χ0) is 11.4. The van der Waals surface area contributed by atoms with Crippen molar-refractivity contribution < 1.29 is 0 Å². The summed E-state index contributed by atoms with van der Waals surface area (Å²) in [6.45, 7) is 4.88. The van der Waals surface area contributed by atoms with Crippen LogP contribution in [-0.4, -0.2) is 19.1 Å². The topological polar surface area (TPSA) is 38.0 Å². The van der Waals surface area contributed by atoms with E-state index in [1.807, 2.05) is 0 Å². The summed E-state index contributed by atoms with van der Waals surface area (Å²) in [5.41, 5.74) is 6.52. The highest BCUT2D eigenvalue weighted by Gasteiger charge is 2.27. The molecule has 2 heteroatoms. The summed E-state index contributed by atoms with van der Waals surface area (Å²) in [4.78, 5) is 0. The fraction of sp³-hybridized carbons (Fsp3) is 1.00. The summed E-state index contributed by atoms with van der Waals surface area (Å²) in [7, 11) is 0. The van der Waals surface area contributed by atoms with Crippen LogP contribution in [0.3, 0.4) is 0 Å². The Balaban J connectivity index is 1.63. The monoisotopic (exact) mass is 224 g/mol. The van der Waals surface area contributed by atoms with Gasteiger partial charge in [-0.05, 0) is 50.0 Å². The third-order valence-corrected chi connectivity index (χ3v) is 4.63. The molecule has 0 aromatic carbocycles. The van der Waals surface area contributed by atoms with Gasteiger partial charge in [-0.15, -0.1) is 0 Å². The molecule has 0 spiro atoms. The quantitative estimate of drug-likeness (QED) is 0.770. The Labute approximate surface area is 100 Å². The van der Waals surface area contributed by atoms with Gasteiger partial charge >= 0.3 is 0 Å². The average molecular weight is 224 g/mol. The Hall–Kier alpha value is -0.0800. The molecule has 0 bridgehead atoms. The minimum atomic E-state index is 0.483. The number of hydrogen-bond donors (Lipinski definition) is 2. The number of nitrogens with two attached hydrogens (primary N) is 1. The first-order valence-electron chi connectivity index (χ1n) is 7.14. The predicted molar refractivity (Wildman–Crippen MR) is 69.4 cm³/mol. The van der Waals surface area contributed by atoms with Crippen molar-refractivity contribution in [1.82, 2.24) is 5.32 Å². The standard InChI is InChI=1S/C14H28N2/c1-14(7-3-2-4-8-14)11-16-10-12-5-6-13(15)9-12/h12-13,16H,2-11,15H2,1H3. The van der Waals surface area contributed by atoms with Gasteiger partial charge in [0.05, 0.1) is 0 Å². The van der Waals surface area contributed by atoms with Gasteiger partial charge in [-0.3, -0.25) is 0 Å². The Morgan fingerprint density at radius 1 is 1.19 bits per heavy atom. The molecule has 2 atom stereocenters. The van der Waals surface area contributed by atoms with Crippen LogP contribution in [0, 0.1) is 11.3 Å². The second kappa shape index (κ2) is 5.50. The summed E-state index contributed by atoms with van der Waals surface area (Å²) < 4.78 is 0. The second-order valence-electron chi connectivity index (χ2n) is 6.44. The van der Waals surface area contributed by atoms with Gasteiger partial charge in [-0.1, -0.05) is 26.2 Å². The molecule has 0 aromatic heterocycles. The minimum Gasteiger partial charge on any atom is -0.328 e. The van der Waals surface area contributed by atoms with Crippen molar-refractivity contribution in [3.05, 3.63) is 0 Å². The first-order chi connectivity index (χ1) is 7.68. The molecule has 16 heavy (non-hydrogen) atoms. The predicted octanol–water partition coefficient (Wildman–Crippen LogP) is 2.67. The molecule has 2 rings (SSSR count). The Kier molecular flexibility index (Phi) is 4.26. The minimum absolute atomic E-state index is 0.483. The van der Waals surface area contributed by atoms with Crippen LogP contribution in [-0.2, 0) is 0 Å². The van der Waals surface area contributed by atoms with Crippen molar-refractivity contribution in [2.24, 2.45) is 17.1 Å². The summed E-state index contributed by atoms with van der Waals surface area (Å²) in [5.74, 6) is 0.849. The zero-order valence-electron chi connectivity index (χ0n) is 10.8. The Morgan fingerprint density at radius 3 is 2.56 bits per heavy atom. The lowest BCUT2D eigenvalue weighted by Crippen LogP contribution is -2.35. The van der Waals surface area contributed by atoms with Crippen LogP contribution in [0.5, 0.6) is 0 Å². The van der Waals surface area contributed by atoms with E-state index in [0.717, 1.165) is 5.92 Å². The average Bonchev–Trinajstić information content (AvgIpc) is 2.65. The molecule has 2 aliphatic rings. The molecular formula is C14H28N2. The highest BCUT2D eigenvalue weighted by molar-refractivity contribution is 4.83. The van der Waals surface area contributed by atoms with Crippen LogP contribution in [0.25, 0.3) is 0 Å². The van der Waals surface area contributed by atoms with Crippen molar-refractivity contribution in [3.63, 3.8) is 0 Å². The maximum atomic E-state index is 5.94. The first kappa shape index (κ1) is 12.4. The van der Waals surface area contributed by atoms with Gasteiger partial charge in [-0.25, -0.2) is 0 Å². The van der Waals surface area contributed by atoms with Gasteiger partial charge in [0, 0.05) is 12.6 Å². The van der Waals surface area contributed by atoms with Crippen LogP contribution < -0.4 is 11.1 Å². The lowest BCUT2D eigenvalue weighted by atomic mass is 9.75. The van der Waals surface area contributed by atoms with Gasteiger partial charge in [0.15, 0.2) is 0 Å². The molecule has 2 fully saturated rings. The van der Waals surface area contributed by atoms with Gasteiger partial charge in [-0.2, -0.15) is 0 Å². The van der Waals surface area contributed by atoms with Crippen LogP contribution in [0.15, 0.2) is 0 Å². The van der Waals surface area contributed by atoms with Gasteiger partial charge < -0.3 is 11.1 Å². The van der Waals surface area contributed by atoms with E-state index in [2.05, 4.69) is 12.2 Å². The smallest absolute Gasteiger partial charge is 0.00420 e. The first-order valence-corrected chi connectivity index (χ1v) is 7.14. The van der Waals surface area contributed by atoms with Crippen LogP contribution in [0.4, 0.5) is 0 Å².